The Kier molecular flexibility index (Phi) is 3.42. The molecule has 2 rings (SSSR count). The number of nitrogen functional groups attached to an aromatic ring is 1. The number of aromatic amines is 1. The minimum Gasteiger partial charge on any atom is -0.366 e. The lowest BCUT2D eigenvalue weighted by Crippen LogP contribution is -2.14. The quantitative estimate of drug-likeness (QED) is 0.642. The summed E-state index contributed by atoms with van der Waals surface area (Å²) in [5, 5.41) is 11.2. The van der Waals surface area contributed by atoms with Crippen LogP contribution >= 0.6 is 0 Å². The number of hydrogen-bond donors (Lipinski definition) is 4. The molecule has 2 amide bonds. The van der Waals surface area contributed by atoms with Crippen LogP contribution in [0.3, 0.4) is 0 Å². The molecule has 1 aromatic heterocycles. The van der Waals surface area contributed by atoms with Crippen molar-refractivity contribution < 1.29 is 9.59 Å². The highest BCUT2D eigenvalue weighted by Gasteiger charge is 2.11. The molecular formula is C11H12N6O2. The van der Waals surface area contributed by atoms with E-state index < -0.39 is 5.91 Å². The van der Waals surface area contributed by atoms with E-state index in [0.29, 0.717) is 11.4 Å². The summed E-state index contributed by atoms with van der Waals surface area (Å²) in [7, 11) is 0. The zero-order valence-corrected chi connectivity index (χ0v) is 10.1. The Bertz CT molecular complexity index is 621. The van der Waals surface area contributed by atoms with Gasteiger partial charge in [-0.3, -0.25) is 14.7 Å². The molecule has 2 aromatic rings. The van der Waals surface area contributed by atoms with Gasteiger partial charge in [-0.1, -0.05) is 6.07 Å². The molecule has 0 fully saturated rings. The van der Waals surface area contributed by atoms with Gasteiger partial charge in [-0.15, -0.1) is 5.10 Å². The van der Waals surface area contributed by atoms with Crippen molar-refractivity contribution in [2.24, 2.45) is 0 Å². The molecule has 0 unspecified atom stereocenters. The molecule has 0 spiro atoms. The SMILES string of the molecule is CC(=O)Nc1cccc(NC(=O)c2nc(N)n[nH]2)c1. The number of H-pyrrole nitrogens is 1. The first-order valence-corrected chi connectivity index (χ1v) is 5.41. The molecule has 98 valence electrons. The lowest BCUT2D eigenvalue weighted by Gasteiger charge is -2.06. The van der Waals surface area contributed by atoms with E-state index in [0.717, 1.165) is 0 Å². The lowest BCUT2D eigenvalue weighted by molar-refractivity contribution is -0.114. The molecule has 0 aliphatic heterocycles. The average molecular weight is 260 g/mol. The van der Waals surface area contributed by atoms with E-state index >= 15 is 0 Å². The van der Waals surface area contributed by atoms with E-state index in [2.05, 4.69) is 25.8 Å². The zero-order chi connectivity index (χ0) is 13.8. The van der Waals surface area contributed by atoms with Gasteiger partial charge >= 0.3 is 0 Å². The second-order valence-electron chi connectivity index (χ2n) is 3.76. The number of amides is 2. The van der Waals surface area contributed by atoms with Gasteiger partial charge < -0.3 is 16.4 Å². The highest BCUT2D eigenvalue weighted by atomic mass is 16.2. The van der Waals surface area contributed by atoms with Crippen molar-refractivity contribution in [3.05, 3.63) is 30.1 Å². The second kappa shape index (κ2) is 5.17. The Balaban J connectivity index is 2.10. The van der Waals surface area contributed by atoms with Gasteiger partial charge in [0, 0.05) is 18.3 Å². The maximum atomic E-state index is 11.8. The van der Waals surface area contributed by atoms with Crippen LogP contribution in [0.2, 0.25) is 0 Å². The minimum absolute atomic E-state index is 0.00264. The van der Waals surface area contributed by atoms with Gasteiger partial charge in [-0.25, -0.2) is 0 Å². The average Bonchev–Trinajstić information content (AvgIpc) is 2.75. The van der Waals surface area contributed by atoms with Crippen molar-refractivity contribution in [1.29, 1.82) is 0 Å². The summed E-state index contributed by atoms with van der Waals surface area (Å²) in [6, 6.07) is 6.72. The highest BCUT2D eigenvalue weighted by Crippen LogP contribution is 2.15. The first-order valence-electron chi connectivity index (χ1n) is 5.41. The summed E-state index contributed by atoms with van der Waals surface area (Å²) in [6.07, 6.45) is 0. The summed E-state index contributed by atoms with van der Waals surface area (Å²) < 4.78 is 0. The molecule has 0 aliphatic carbocycles. The number of rotatable bonds is 3. The highest BCUT2D eigenvalue weighted by molar-refractivity contribution is 6.02. The summed E-state index contributed by atoms with van der Waals surface area (Å²) in [5.41, 5.74) is 6.41. The van der Waals surface area contributed by atoms with E-state index in [4.69, 9.17) is 5.73 Å². The van der Waals surface area contributed by atoms with E-state index in [1.165, 1.54) is 6.92 Å². The number of nitrogens with zero attached hydrogens (tertiary/aromatic N) is 2. The molecule has 0 bridgehead atoms. The fourth-order valence-electron chi connectivity index (χ4n) is 1.44. The van der Waals surface area contributed by atoms with Crippen molar-refractivity contribution in [2.45, 2.75) is 6.92 Å². The van der Waals surface area contributed by atoms with Crippen molar-refractivity contribution in [2.75, 3.05) is 16.4 Å². The van der Waals surface area contributed by atoms with Crippen LogP contribution in [0.1, 0.15) is 17.5 Å². The second-order valence-corrected chi connectivity index (χ2v) is 3.76. The van der Waals surface area contributed by atoms with Gasteiger partial charge in [0.05, 0.1) is 0 Å². The van der Waals surface area contributed by atoms with Gasteiger partial charge in [-0.05, 0) is 18.2 Å². The number of anilines is 3. The van der Waals surface area contributed by atoms with Crippen LogP contribution in [0.5, 0.6) is 0 Å². The largest absolute Gasteiger partial charge is 0.366 e. The molecular weight excluding hydrogens is 248 g/mol. The monoisotopic (exact) mass is 260 g/mol. The molecule has 1 aromatic carbocycles. The van der Waals surface area contributed by atoms with E-state index in [9.17, 15) is 9.59 Å². The number of carbonyl (C=O) groups is 2. The van der Waals surface area contributed by atoms with Gasteiger partial charge in [0.1, 0.15) is 0 Å². The molecule has 19 heavy (non-hydrogen) atoms. The number of carbonyl (C=O) groups excluding carboxylic acids is 2. The van der Waals surface area contributed by atoms with E-state index in [1.807, 2.05) is 0 Å². The summed E-state index contributed by atoms with van der Waals surface area (Å²) >= 11 is 0. The third-order valence-electron chi connectivity index (χ3n) is 2.16. The zero-order valence-electron chi connectivity index (χ0n) is 10.1. The van der Waals surface area contributed by atoms with Crippen LogP contribution in [0.4, 0.5) is 17.3 Å². The number of nitrogens with two attached hydrogens (primary N) is 1. The van der Waals surface area contributed by atoms with Crippen LogP contribution in [0.15, 0.2) is 24.3 Å². The normalized spacial score (nSPS) is 9.95. The van der Waals surface area contributed by atoms with Gasteiger partial charge in [-0.2, -0.15) is 4.98 Å². The molecule has 0 atom stereocenters. The van der Waals surface area contributed by atoms with Crippen LogP contribution in [0, 0.1) is 0 Å². The molecule has 1 heterocycles. The molecule has 0 aliphatic rings. The predicted molar refractivity (Wildman–Crippen MR) is 69.5 cm³/mol. The summed E-state index contributed by atoms with van der Waals surface area (Å²) in [6.45, 7) is 1.41. The van der Waals surface area contributed by atoms with E-state index in [1.54, 1.807) is 24.3 Å². The standard InChI is InChI=1S/C11H12N6O2/c1-6(18)13-7-3-2-4-8(5-7)14-10(19)9-15-11(12)17-16-9/h2-5H,1H3,(H,13,18)(H,14,19)(H3,12,15,16,17). The summed E-state index contributed by atoms with van der Waals surface area (Å²) in [5.74, 6) is -0.643. The lowest BCUT2D eigenvalue weighted by atomic mass is 10.2. The number of aromatic nitrogens is 3. The first-order chi connectivity index (χ1) is 9.04. The van der Waals surface area contributed by atoms with Crippen molar-refractivity contribution >= 4 is 29.1 Å². The van der Waals surface area contributed by atoms with Crippen molar-refractivity contribution in [1.82, 2.24) is 15.2 Å². The Morgan fingerprint density at radius 1 is 1.26 bits per heavy atom. The van der Waals surface area contributed by atoms with Crippen LogP contribution in [0.25, 0.3) is 0 Å². The predicted octanol–water partition coefficient (Wildman–Crippen LogP) is 0.598. The minimum atomic E-state index is -0.468. The third-order valence-corrected chi connectivity index (χ3v) is 2.16. The fraction of sp³-hybridized carbons (Fsp3) is 0.0909. The van der Waals surface area contributed by atoms with Crippen molar-refractivity contribution in [3.63, 3.8) is 0 Å². The maximum Gasteiger partial charge on any atom is 0.293 e. The van der Waals surface area contributed by atoms with Crippen LogP contribution in [-0.2, 0) is 4.79 Å². The first kappa shape index (κ1) is 12.6. The van der Waals surface area contributed by atoms with E-state index in [-0.39, 0.29) is 17.7 Å². The Morgan fingerprint density at radius 2 is 1.95 bits per heavy atom. The van der Waals surface area contributed by atoms with Crippen LogP contribution < -0.4 is 16.4 Å². The van der Waals surface area contributed by atoms with Crippen LogP contribution in [-0.4, -0.2) is 27.0 Å². The maximum absolute atomic E-state index is 11.8. The molecule has 0 radical (unpaired) electrons. The molecule has 8 heteroatoms. The molecule has 0 saturated carbocycles. The Morgan fingerprint density at radius 3 is 2.53 bits per heavy atom. The third kappa shape index (κ3) is 3.28. The molecule has 0 saturated heterocycles. The topological polar surface area (TPSA) is 126 Å². The number of benzene rings is 1. The number of nitrogens with one attached hydrogen (secondary N) is 3. The summed E-state index contributed by atoms with van der Waals surface area (Å²) in [4.78, 5) is 26.4. The Labute approximate surface area is 108 Å². The molecule has 5 N–H and O–H groups in total. The number of hydrogen-bond acceptors (Lipinski definition) is 5. The smallest absolute Gasteiger partial charge is 0.293 e. The molecule has 8 nitrogen and oxygen atoms in total. The Hall–Kier alpha value is -2.90. The van der Waals surface area contributed by atoms with Crippen molar-refractivity contribution in [3.8, 4) is 0 Å². The van der Waals surface area contributed by atoms with Gasteiger partial charge in [0.15, 0.2) is 0 Å². The van der Waals surface area contributed by atoms with Gasteiger partial charge in [0.25, 0.3) is 5.91 Å². The fourth-order valence-corrected chi connectivity index (χ4v) is 1.44. The van der Waals surface area contributed by atoms with Gasteiger partial charge in [0.2, 0.25) is 17.7 Å².